The number of benzene rings is 1. The monoisotopic (exact) mass is 288 g/mol. The first kappa shape index (κ1) is 13.8. The fourth-order valence-corrected chi connectivity index (χ4v) is 2.70. The smallest absolute Gasteiger partial charge is 0.239 e. The molecule has 0 spiro atoms. The van der Waals surface area contributed by atoms with Crippen LogP contribution in [-0.2, 0) is 4.79 Å². The van der Waals surface area contributed by atoms with Crippen molar-refractivity contribution in [3.05, 3.63) is 53.6 Å². The maximum Gasteiger partial charge on any atom is 0.239 e. The molecule has 110 valence electrons. The lowest BCUT2D eigenvalue weighted by atomic mass is 9.98. The summed E-state index contributed by atoms with van der Waals surface area (Å²) >= 11 is 0. The average Bonchev–Trinajstić information content (AvgIpc) is 2.80. The third kappa shape index (κ3) is 2.67. The van der Waals surface area contributed by atoms with E-state index in [4.69, 9.17) is 5.73 Å². The van der Waals surface area contributed by atoms with Gasteiger partial charge in [-0.2, -0.15) is 5.10 Å². The van der Waals surface area contributed by atoms with Gasteiger partial charge in [0.25, 0.3) is 0 Å². The van der Waals surface area contributed by atoms with E-state index in [1.54, 1.807) is 12.1 Å². The summed E-state index contributed by atoms with van der Waals surface area (Å²) in [5, 5.41) is 4.28. The molecule has 0 radical (unpaired) electrons. The van der Waals surface area contributed by atoms with Crippen LogP contribution >= 0.6 is 0 Å². The Hall–Kier alpha value is -2.21. The minimum atomic E-state index is -0.515. The molecule has 2 aromatic rings. The van der Waals surface area contributed by atoms with Crippen LogP contribution in [0.25, 0.3) is 0 Å². The third-order valence-electron chi connectivity index (χ3n) is 3.82. The van der Waals surface area contributed by atoms with Crippen LogP contribution in [0.4, 0.5) is 4.39 Å². The average molecular weight is 288 g/mol. The maximum atomic E-state index is 13.0. The van der Waals surface area contributed by atoms with E-state index in [0.29, 0.717) is 13.1 Å². The second-order valence-electron chi connectivity index (χ2n) is 5.46. The standard InChI is InChI=1S/C15H17FN4O/c1-10-6-18-20(7-10)13-8-19(9-13)14(15(17)21)11-2-4-12(16)5-3-11/h2-7,13-14H,8-9H2,1H3,(H2,17,21)/t14-/m0/s1. The molecule has 0 unspecified atom stereocenters. The van der Waals surface area contributed by atoms with Gasteiger partial charge >= 0.3 is 0 Å². The normalized spacial score (nSPS) is 17.4. The van der Waals surface area contributed by atoms with Crippen LogP contribution in [0.1, 0.15) is 23.2 Å². The zero-order valence-corrected chi connectivity index (χ0v) is 11.7. The number of carbonyl (C=O) groups is 1. The summed E-state index contributed by atoms with van der Waals surface area (Å²) in [4.78, 5) is 13.7. The molecule has 1 saturated heterocycles. The highest BCUT2D eigenvalue weighted by atomic mass is 19.1. The number of nitrogens with two attached hydrogens (primary N) is 1. The number of aryl methyl sites for hydroxylation is 1. The van der Waals surface area contributed by atoms with Crippen LogP contribution in [0.3, 0.4) is 0 Å². The number of hydrogen-bond donors (Lipinski definition) is 1. The second kappa shape index (κ2) is 5.29. The Balaban J connectivity index is 1.73. The molecule has 0 aliphatic carbocycles. The van der Waals surface area contributed by atoms with Crippen molar-refractivity contribution < 1.29 is 9.18 Å². The molecule has 5 nitrogen and oxygen atoms in total. The zero-order chi connectivity index (χ0) is 15.0. The number of nitrogens with zero attached hydrogens (tertiary/aromatic N) is 3. The van der Waals surface area contributed by atoms with Gasteiger partial charge in [0.05, 0.1) is 12.2 Å². The molecule has 2 heterocycles. The van der Waals surface area contributed by atoms with Crippen molar-refractivity contribution in [1.82, 2.24) is 14.7 Å². The number of aromatic nitrogens is 2. The molecule has 1 fully saturated rings. The van der Waals surface area contributed by atoms with Crippen LogP contribution in [0.15, 0.2) is 36.7 Å². The fourth-order valence-electron chi connectivity index (χ4n) is 2.70. The predicted octanol–water partition coefficient (Wildman–Crippen LogP) is 1.41. The molecular weight excluding hydrogens is 271 g/mol. The van der Waals surface area contributed by atoms with Crippen LogP contribution in [0.5, 0.6) is 0 Å². The number of primary amides is 1. The molecule has 6 heteroatoms. The molecule has 1 atom stereocenters. The Kier molecular flexibility index (Phi) is 3.47. The van der Waals surface area contributed by atoms with Crippen molar-refractivity contribution >= 4 is 5.91 Å². The van der Waals surface area contributed by atoms with Gasteiger partial charge in [-0.25, -0.2) is 4.39 Å². The van der Waals surface area contributed by atoms with Gasteiger partial charge in [-0.3, -0.25) is 14.4 Å². The van der Waals surface area contributed by atoms with Crippen LogP contribution < -0.4 is 5.73 Å². The minimum absolute atomic E-state index is 0.251. The van der Waals surface area contributed by atoms with Gasteiger partial charge in [0, 0.05) is 19.3 Å². The summed E-state index contributed by atoms with van der Waals surface area (Å²) in [6.45, 7) is 3.39. The summed E-state index contributed by atoms with van der Waals surface area (Å²) in [7, 11) is 0. The molecule has 1 amide bonds. The van der Waals surface area contributed by atoms with Gasteiger partial charge in [0.2, 0.25) is 5.91 Å². The molecule has 21 heavy (non-hydrogen) atoms. The van der Waals surface area contributed by atoms with Gasteiger partial charge in [-0.05, 0) is 30.2 Å². The molecule has 1 aliphatic rings. The quantitative estimate of drug-likeness (QED) is 0.925. The SMILES string of the molecule is Cc1cnn(C2CN([C@H](C(N)=O)c3ccc(F)cc3)C2)c1. The van der Waals surface area contributed by atoms with E-state index in [1.165, 1.54) is 12.1 Å². The van der Waals surface area contributed by atoms with Crippen LogP contribution in [0, 0.1) is 12.7 Å². The van der Waals surface area contributed by atoms with Crippen molar-refractivity contribution in [3.8, 4) is 0 Å². The Bertz CT molecular complexity index is 646. The summed E-state index contributed by atoms with van der Waals surface area (Å²) in [6, 6.07) is 5.64. The lowest BCUT2D eigenvalue weighted by Crippen LogP contribution is -2.52. The summed E-state index contributed by atoms with van der Waals surface area (Å²) in [5.41, 5.74) is 7.34. The van der Waals surface area contributed by atoms with E-state index in [9.17, 15) is 9.18 Å². The van der Waals surface area contributed by atoms with Crippen molar-refractivity contribution in [3.63, 3.8) is 0 Å². The zero-order valence-electron chi connectivity index (χ0n) is 11.7. The molecule has 3 rings (SSSR count). The van der Waals surface area contributed by atoms with Gasteiger partial charge in [-0.1, -0.05) is 12.1 Å². The van der Waals surface area contributed by atoms with Gasteiger partial charge < -0.3 is 5.73 Å². The lowest BCUT2D eigenvalue weighted by Gasteiger charge is -2.43. The second-order valence-corrected chi connectivity index (χ2v) is 5.46. The lowest BCUT2D eigenvalue weighted by molar-refractivity contribution is -0.126. The first-order valence-corrected chi connectivity index (χ1v) is 6.84. The number of hydrogen-bond acceptors (Lipinski definition) is 3. The Labute approximate surface area is 122 Å². The summed E-state index contributed by atoms with van der Waals surface area (Å²) in [5.74, 6) is -0.743. The molecule has 1 aliphatic heterocycles. The Morgan fingerprint density at radius 2 is 2.05 bits per heavy atom. The fraction of sp³-hybridized carbons (Fsp3) is 0.333. The number of halogens is 1. The van der Waals surface area contributed by atoms with Gasteiger partial charge in [0.1, 0.15) is 11.9 Å². The highest BCUT2D eigenvalue weighted by Gasteiger charge is 2.37. The van der Waals surface area contributed by atoms with E-state index in [-0.39, 0.29) is 11.9 Å². The van der Waals surface area contributed by atoms with Gasteiger partial charge in [-0.15, -0.1) is 0 Å². The molecule has 0 bridgehead atoms. The maximum absolute atomic E-state index is 13.0. The largest absolute Gasteiger partial charge is 0.368 e. The van der Waals surface area contributed by atoms with E-state index in [1.807, 2.05) is 28.9 Å². The molecule has 0 saturated carbocycles. The summed E-state index contributed by atoms with van der Waals surface area (Å²) in [6.07, 6.45) is 3.80. The molecular formula is C15H17FN4O. The minimum Gasteiger partial charge on any atom is -0.368 e. The first-order valence-electron chi connectivity index (χ1n) is 6.84. The van der Waals surface area contributed by atoms with Crippen LogP contribution in [0.2, 0.25) is 0 Å². The van der Waals surface area contributed by atoms with Crippen LogP contribution in [-0.4, -0.2) is 33.7 Å². The Morgan fingerprint density at radius 1 is 1.38 bits per heavy atom. The summed E-state index contributed by atoms with van der Waals surface area (Å²) < 4.78 is 14.9. The highest BCUT2D eigenvalue weighted by molar-refractivity contribution is 5.81. The number of carbonyl (C=O) groups excluding carboxylic acids is 1. The van der Waals surface area contributed by atoms with Crippen molar-refractivity contribution in [1.29, 1.82) is 0 Å². The van der Waals surface area contributed by atoms with E-state index < -0.39 is 11.9 Å². The molecule has 1 aromatic heterocycles. The van der Waals surface area contributed by atoms with Crippen molar-refractivity contribution in [2.75, 3.05) is 13.1 Å². The topological polar surface area (TPSA) is 64.2 Å². The first-order chi connectivity index (χ1) is 10.0. The van der Waals surface area contributed by atoms with Crippen molar-refractivity contribution in [2.45, 2.75) is 19.0 Å². The van der Waals surface area contributed by atoms with E-state index in [2.05, 4.69) is 5.10 Å². The number of amides is 1. The van der Waals surface area contributed by atoms with Gasteiger partial charge in [0.15, 0.2) is 0 Å². The Morgan fingerprint density at radius 3 is 2.57 bits per heavy atom. The van der Waals surface area contributed by atoms with E-state index in [0.717, 1.165) is 11.1 Å². The molecule has 2 N–H and O–H groups in total. The number of likely N-dealkylation sites (tertiary alicyclic amines) is 1. The predicted molar refractivity (Wildman–Crippen MR) is 75.9 cm³/mol. The molecule has 1 aromatic carbocycles. The van der Waals surface area contributed by atoms with E-state index >= 15 is 0 Å². The number of rotatable bonds is 4. The van der Waals surface area contributed by atoms with Crippen molar-refractivity contribution in [2.24, 2.45) is 5.73 Å². The third-order valence-corrected chi connectivity index (χ3v) is 3.82. The highest BCUT2D eigenvalue weighted by Crippen LogP contribution is 2.31.